The highest BCUT2D eigenvalue weighted by Gasteiger charge is 2.55. The summed E-state index contributed by atoms with van der Waals surface area (Å²) in [6, 6.07) is 20.5. The molecule has 2 heterocycles. The Labute approximate surface area is 166 Å². The van der Waals surface area contributed by atoms with E-state index < -0.39 is 11.5 Å². The summed E-state index contributed by atoms with van der Waals surface area (Å²) < 4.78 is 0. The van der Waals surface area contributed by atoms with Crippen LogP contribution < -0.4 is 10.4 Å². The maximum absolute atomic E-state index is 13.2. The summed E-state index contributed by atoms with van der Waals surface area (Å²) >= 11 is 5.93. The number of hydrogen-bond donors (Lipinski definition) is 1. The molecule has 0 saturated carbocycles. The maximum Gasteiger partial charge on any atom is 0.273 e. The summed E-state index contributed by atoms with van der Waals surface area (Å²) in [7, 11) is 0. The Morgan fingerprint density at radius 2 is 1.71 bits per heavy atom. The van der Waals surface area contributed by atoms with Crippen molar-refractivity contribution in [2.24, 2.45) is 0 Å². The molecule has 1 spiro atoms. The number of imide groups is 1. The normalized spacial score (nSPS) is 21.5. The molecular weight excluding hydrogens is 376 g/mol. The largest absolute Gasteiger partial charge is 0.274 e. The van der Waals surface area contributed by atoms with Gasteiger partial charge >= 0.3 is 0 Å². The molecule has 1 fully saturated rings. The minimum Gasteiger partial charge on any atom is -0.274 e. The van der Waals surface area contributed by atoms with Crippen molar-refractivity contribution in [1.29, 1.82) is 0 Å². The van der Waals surface area contributed by atoms with E-state index >= 15 is 0 Å². The van der Waals surface area contributed by atoms with E-state index in [2.05, 4.69) is 5.48 Å². The number of carbonyl (C=O) groups excluding carboxylic acids is 2. The third-order valence-corrected chi connectivity index (χ3v) is 5.35. The Hall–Kier alpha value is -3.15. The first-order valence-electron chi connectivity index (χ1n) is 8.85. The Kier molecular flexibility index (Phi) is 3.75. The average Bonchev–Trinajstić information content (AvgIpc) is 3.23. The van der Waals surface area contributed by atoms with Crippen LogP contribution in [0.1, 0.15) is 12.0 Å². The number of carbonyl (C=O) groups is 2. The first-order valence-corrected chi connectivity index (χ1v) is 9.23. The molecule has 2 amide bonds. The van der Waals surface area contributed by atoms with Gasteiger partial charge in [0.15, 0.2) is 0 Å². The lowest BCUT2D eigenvalue weighted by atomic mass is 9.99. The summed E-state index contributed by atoms with van der Waals surface area (Å²) in [5.41, 5.74) is 3.47. The van der Waals surface area contributed by atoms with Gasteiger partial charge in [0.2, 0.25) is 11.5 Å². The van der Waals surface area contributed by atoms with E-state index in [-0.39, 0.29) is 12.3 Å². The molecule has 2 aliphatic heterocycles. The molecule has 0 unspecified atom stereocenters. The lowest BCUT2D eigenvalue weighted by Gasteiger charge is -2.19. The highest BCUT2D eigenvalue weighted by atomic mass is 35.5. The van der Waals surface area contributed by atoms with Gasteiger partial charge in [-0.3, -0.25) is 19.9 Å². The van der Waals surface area contributed by atoms with Gasteiger partial charge in [-0.2, -0.15) is 0 Å². The number of anilines is 1. The van der Waals surface area contributed by atoms with Gasteiger partial charge in [-0.05, 0) is 46.7 Å². The van der Waals surface area contributed by atoms with Gasteiger partial charge in [0.25, 0.3) is 5.91 Å². The Morgan fingerprint density at radius 1 is 0.964 bits per heavy atom. The monoisotopic (exact) mass is 390 g/mol. The molecule has 3 aromatic carbocycles. The topological polar surface area (TPSA) is 58.6 Å². The standard InChI is InChI=1S/C22H15ClN2O3/c23-17-8-5-15(6-9-17)19-12-22(28-24-19)13-20(26)25(21(22)27)18-10-7-14-3-1-2-4-16(14)11-18/h1-12,24H,13H2/t22-/m1/s1. The number of fused-ring (bicyclic) bond motifs is 1. The van der Waals surface area contributed by atoms with Gasteiger partial charge in [-0.15, -0.1) is 0 Å². The van der Waals surface area contributed by atoms with Gasteiger partial charge < -0.3 is 0 Å². The van der Waals surface area contributed by atoms with E-state index in [9.17, 15) is 9.59 Å². The molecule has 5 nitrogen and oxygen atoms in total. The molecule has 28 heavy (non-hydrogen) atoms. The highest BCUT2D eigenvalue weighted by Crippen LogP contribution is 2.38. The summed E-state index contributed by atoms with van der Waals surface area (Å²) in [5, 5.41) is 2.63. The molecular formula is C22H15ClN2O3. The predicted molar refractivity (Wildman–Crippen MR) is 107 cm³/mol. The van der Waals surface area contributed by atoms with Crippen molar-refractivity contribution < 1.29 is 14.4 Å². The van der Waals surface area contributed by atoms with Crippen LogP contribution in [0.2, 0.25) is 5.02 Å². The Balaban J connectivity index is 1.51. The van der Waals surface area contributed by atoms with Gasteiger partial charge in [0.1, 0.15) is 0 Å². The first-order chi connectivity index (χ1) is 13.6. The average molecular weight is 391 g/mol. The number of nitrogens with zero attached hydrogens (tertiary/aromatic N) is 1. The third-order valence-electron chi connectivity index (χ3n) is 5.10. The summed E-state index contributed by atoms with van der Waals surface area (Å²) in [6.07, 6.45) is 1.63. The van der Waals surface area contributed by atoms with Crippen LogP contribution in [0.15, 0.2) is 72.8 Å². The first kappa shape index (κ1) is 17.0. The number of hydrogen-bond acceptors (Lipinski definition) is 4. The SMILES string of the molecule is O=C1C[C@]2(C=C(c3ccc(Cl)cc3)NO2)C(=O)N1c1ccc2ccccc2c1. The van der Waals surface area contributed by atoms with Crippen LogP contribution >= 0.6 is 11.6 Å². The molecule has 138 valence electrons. The van der Waals surface area contributed by atoms with Crippen LogP contribution in [-0.2, 0) is 14.4 Å². The quantitative estimate of drug-likeness (QED) is 0.670. The lowest BCUT2D eigenvalue weighted by molar-refractivity contribution is -0.136. The molecule has 0 bridgehead atoms. The number of amides is 2. The van der Waals surface area contributed by atoms with Crippen molar-refractivity contribution in [1.82, 2.24) is 5.48 Å². The zero-order valence-electron chi connectivity index (χ0n) is 14.7. The molecule has 2 aliphatic rings. The van der Waals surface area contributed by atoms with Crippen LogP contribution in [0.5, 0.6) is 0 Å². The fourth-order valence-electron chi connectivity index (χ4n) is 3.66. The van der Waals surface area contributed by atoms with Crippen LogP contribution in [0.3, 0.4) is 0 Å². The Bertz CT molecular complexity index is 1160. The van der Waals surface area contributed by atoms with Crippen molar-refractivity contribution in [3.05, 3.63) is 83.4 Å². The van der Waals surface area contributed by atoms with Crippen LogP contribution in [0.25, 0.3) is 16.5 Å². The fourth-order valence-corrected chi connectivity index (χ4v) is 3.79. The summed E-state index contributed by atoms with van der Waals surface area (Å²) in [4.78, 5) is 32.7. The van der Waals surface area contributed by atoms with E-state index in [0.717, 1.165) is 16.3 Å². The number of benzene rings is 3. The smallest absolute Gasteiger partial charge is 0.273 e. The van der Waals surface area contributed by atoms with E-state index in [1.807, 2.05) is 48.5 Å². The Morgan fingerprint density at radius 3 is 2.50 bits per heavy atom. The van der Waals surface area contributed by atoms with Crippen LogP contribution in [0, 0.1) is 0 Å². The van der Waals surface area contributed by atoms with Crippen LogP contribution in [0.4, 0.5) is 5.69 Å². The maximum atomic E-state index is 13.2. The van der Waals surface area contributed by atoms with E-state index in [1.165, 1.54) is 4.90 Å². The molecule has 0 radical (unpaired) electrons. The number of halogens is 1. The highest BCUT2D eigenvalue weighted by molar-refractivity contribution is 6.30. The fraction of sp³-hybridized carbons (Fsp3) is 0.0909. The number of rotatable bonds is 2. The van der Waals surface area contributed by atoms with Crippen molar-refractivity contribution in [3.8, 4) is 0 Å². The molecule has 3 aromatic rings. The molecule has 1 atom stereocenters. The summed E-state index contributed by atoms with van der Waals surface area (Å²) in [5.74, 6) is -0.695. The molecule has 1 saturated heterocycles. The second kappa shape index (κ2) is 6.19. The van der Waals surface area contributed by atoms with Gasteiger partial charge in [0, 0.05) is 5.02 Å². The van der Waals surface area contributed by atoms with Gasteiger partial charge in [-0.1, -0.05) is 54.1 Å². The molecule has 1 N–H and O–H groups in total. The second-order valence-electron chi connectivity index (χ2n) is 6.90. The third kappa shape index (κ3) is 2.59. The second-order valence-corrected chi connectivity index (χ2v) is 7.34. The zero-order chi connectivity index (χ0) is 19.3. The molecule has 5 rings (SSSR count). The van der Waals surface area contributed by atoms with E-state index in [4.69, 9.17) is 16.4 Å². The van der Waals surface area contributed by atoms with Crippen LogP contribution in [-0.4, -0.2) is 17.4 Å². The number of nitrogens with one attached hydrogen (secondary N) is 1. The molecule has 0 aromatic heterocycles. The minimum atomic E-state index is -1.34. The van der Waals surface area contributed by atoms with Crippen molar-refractivity contribution in [3.63, 3.8) is 0 Å². The van der Waals surface area contributed by atoms with Gasteiger partial charge in [0.05, 0.1) is 17.8 Å². The molecule has 0 aliphatic carbocycles. The predicted octanol–water partition coefficient (Wildman–Crippen LogP) is 4.07. The lowest BCUT2D eigenvalue weighted by Crippen LogP contribution is -2.40. The minimum absolute atomic E-state index is 0.0528. The zero-order valence-corrected chi connectivity index (χ0v) is 15.4. The van der Waals surface area contributed by atoms with Crippen molar-refractivity contribution in [2.75, 3.05) is 4.90 Å². The number of hydroxylamine groups is 1. The van der Waals surface area contributed by atoms with E-state index in [0.29, 0.717) is 16.4 Å². The molecule has 6 heteroatoms. The van der Waals surface area contributed by atoms with Gasteiger partial charge in [-0.25, -0.2) is 4.90 Å². The van der Waals surface area contributed by atoms with Crippen molar-refractivity contribution >= 4 is 45.6 Å². The van der Waals surface area contributed by atoms with Crippen molar-refractivity contribution in [2.45, 2.75) is 12.0 Å². The van der Waals surface area contributed by atoms with E-state index in [1.54, 1.807) is 24.3 Å². The summed E-state index contributed by atoms with van der Waals surface area (Å²) in [6.45, 7) is 0.